The highest BCUT2D eigenvalue weighted by molar-refractivity contribution is 9.10. The lowest BCUT2D eigenvalue weighted by Gasteiger charge is -2.25. The molecule has 90 valence electrons. The third-order valence-electron chi connectivity index (χ3n) is 2.80. The van der Waals surface area contributed by atoms with E-state index in [0.717, 1.165) is 30.1 Å². The zero-order valence-electron chi connectivity index (χ0n) is 9.03. The third-order valence-corrected chi connectivity index (χ3v) is 4.14. The number of H-pyrrole nitrogens is 1. The van der Waals surface area contributed by atoms with Crippen LogP contribution in [0.25, 0.3) is 11.1 Å². The second kappa shape index (κ2) is 4.42. The predicted octanol–water partition coefficient (Wildman–Crippen LogP) is 2.71. The van der Waals surface area contributed by atoms with Crippen LogP contribution in [0.4, 0.5) is 0 Å². The summed E-state index contributed by atoms with van der Waals surface area (Å²) in [6.45, 7) is 1.65. The zero-order chi connectivity index (χ0) is 11.8. The van der Waals surface area contributed by atoms with Gasteiger partial charge in [0.25, 0.3) is 5.91 Å². The summed E-state index contributed by atoms with van der Waals surface area (Å²) < 4.78 is 6.07. The van der Waals surface area contributed by atoms with Gasteiger partial charge in [0.15, 0.2) is 10.3 Å². The lowest BCUT2D eigenvalue weighted by molar-refractivity contribution is 0.0767. The number of amides is 1. The SMILES string of the molecule is O=C(c1cc2oc(Br)cc2[nH]1)N1CCSCC1. The van der Waals surface area contributed by atoms with E-state index in [0.29, 0.717) is 15.9 Å². The molecule has 2 aromatic rings. The van der Waals surface area contributed by atoms with Crippen LogP contribution in [0.3, 0.4) is 0 Å². The number of thioether (sulfide) groups is 1. The van der Waals surface area contributed by atoms with E-state index >= 15 is 0 Å². The summed E-state index contributed by atoms with van der Waals surface area (Å²) in [5.41, 5.74) is 2.18. The van der Waals surface area contributed by atoms with Crippen molar-refractivity contribution in [1.29, 1.82) is 0 Å². The first-order chi connectivity index (χ1) is 8.24. The van der Waals surface area contributed by atoms with Crippen LogP contribution in [-0.4, -0.2) is 40.4 Å². The quantitative estimate of drug-likeness (QED) is 0.880. The highest BCUT2D eigenvalue weighted by Gasteiger charge is 2.20. The molecule has 3 heterocycles. The Morgan fingerprint density at radius 1 is 1.41 bits per heavy atom. The molecule has 0 spiro atoms. The van der Waals surface area contributed by atoms with E-state index in [1.165, 1.54) is 0 Å². The van der Waals surface area contributed by atoms with Gasteiger partial charge in [-0.1, -0.05) is 0 Å². The lowest BCUT2D eigenvalue weighted by atomic mass is 10.3. The number of halogens is 1. The molecule has 1 saturated heterocycles. The van der Waals surface area contributed by atoms with Gasteiger partial charge in [-0.2, -0.15) is 11.8 Å². The van der Waals surface area contributed by atoms with Crippen LogP contribution >= 0.6 is 27.7 Å². The number of nitrogens with one attached hydrogen (secondary N) is 1. The fourth-order valence-corrected chi connectivity index (χ4v) is 3.25. The molecule has 1 N–H and O–H groups in total. The molecule has 0 saturated carbocycles. The number of hydrogen-bond acceptors (Lipinski definition) is 3. The van der Waals surface area contributed by atoms with E-state index in [-0.39, 0.29) is 5.91 Å². The smallest absolute Gasteiger partial charge is 0.270 e. The van der Waals surface area contributed by atoms with Crippen LogP contribution in [0.1, 0.15) is 10.5 Å². The summed E-state index contributed by atoms with van der Waals surface area (Å²) in [4.78, 5) is 17.2. The molecule has 3 rings (SSSR count). The standard InChI is InChI=1S/C11H11BrN2O2S/c12-10-6-7-9(16-10)5-8(13-7)11(15)14-1-3-17-4-2-14/h5-6,13H,1-4H2. The number of furan rings is 1. The lowest BCUT2D eigenvalue weighted by Crippen LogP contribution is -2.38. The van der Waals surface area contributed by atoms with E-state index in [1.54, 1.807) is 6.07 Å². The molecule has 0 aromatic carbocycles. The van der Waals surface area contributed by atoms with Gasteiger partial charge in [0, 0.05) is 36.7 Å². The van der Waals surface area contributed by atoms with Gasteiger partial charge in [-0.3, -0.25) is 4.79 Å². The van der Waals surface area contributed by atoms with Crippen molar-refractivity contribution in [2.24, 2.45) is 0 Å². The van der Waals surface area contributed by atoms with Crippen LogP contribution < -0.4 is 0 Å². The molecule has 0 unspecified atom stereocenters. The van der Waals surface area contributed by atoms with Crippen LogP contribution in [0.2, 0.25) is 0 Å². The van der Waals surface area contributed by atoms with Crippen LogP contribution in [0, 0.1) is 0 Å². The molecular weight excluding hydrogens is 304 g/mol. The average molecular weight is 315 g/mol. The van der Waals surface area contributed by atoms with E-state index in [1.807, 2.05) is 22.7 Å². The van der Waals surface area contributed by atoms with Crippen molar-refractivity contribution in [3.05, 3.63) is 22.5 Å². The van der Waals surface area contributed by atoms with Crippen LogP contribution in [-0.2, 0) is 0 Å². The normalized spacial score (nSPS) is 16.6. The van der Waals surface area contributed by atoms with Gasteiger partial charge < -0.3 is 14.3 Å². The number of nitrogens with zero attached hydrogens (tertiary/aromatic N) is 1. The second-order valence-electron chi connectivity index (χ2n) is 3.92. The Hall–Kier alpha value is -0.880. The Kier molecular flexibility index (Phi) is 2.92. The van der Waals surface area contributed by atoms with Crippen molar-refractivity contribution in [3.63, 3.8) is 0 Å². The maximum absolute atomic E-state index is 12.2. The average Bonchev–Trinajstić information content (AvgIpc) is 2.86. The molecule has 1 fully saturated rings. The third kappa shape index (κ3) is 2.11. The topological polar surface area (TPSA) is 49.2 Å². The molecule has 17 heavy (non-hydrogen) atoms. The summed E-state index contributed by atoms with van der Waals surface area (Å²) >= 11 is 5.15. The molecule has 1 aliphatic heterocycles. The van der Waals surface area contributed by atoms with Gasteiger partial charge in [0.05, 0.1) is 5.52 Å². The molecule has 0 radical (unpaired) electrons. The van der Waals surface area contributed by atoms with E-state index in [9.17, 15) is 4.79 Å². The summed E-state index contributed by atoms with van der Waals surface area (Å²) in [6.07, 6.45) is 0. The summed E-state index contributed by atoms with van der Waals surface area (Å²) in [6, 6.07) is 3.60. The maximum atomic E-state index is 12.2. The zero-order valence-corrected chi connectivity index (χ0v) is 11.4. The number of aromatic nitrogens is 1. The summed E-state index contributed by atoms with van der Waals surface area (Å²) in [5, 5.41) is 0. The van der Waals surface area contributed by atoms with Gasteiger partial charge in [0.2, 0.25) is 0 Å². The maximum Gasteiger partial charge on any atom is 0.270 e. The van der Waals surface area contributed by atoms with Crippen molar-refractivity contribution in [2.45, 2.75) is 0 Å². The molecular formula is C11H11BrN2O2S. The van der Waals surface area contributed by atoms with E-state index < -0.39 is 0 Å². The molecule has 1 amide bonds. The Balaban J connectivity index is 1.86. The number of rotatable bonds is 1. The van der Waals surface area contributed by atoms with Gasteiger partial charge in [-0.25, -0.2) is 0 Å². The van der Waals surface area contributed by atoms with Crippen molar-refractivity contribution in [3.8, 4) is 0 Å². The molecule has 4 nitrogen and oxygen atoms in total. The Morgan fingerprint density at radius 2 is 2.18 bits per heavy atom. The van der Waals surface area contributed by atoms with Gasteiger partial charge >= 0.3 is 0 Å². The number of hydrogen-bond donors (Lipinski definition) is 1. The van der Waals surface area contributed by atoms with Gasteiger partial charge in [0.1, 0.15) is 5.69 Å². The fraction of sp³-hybridized carbons (Fsp3) is 0.364. The van der Waals surface area contributed by atoms with Crippen molar-refractivity contribution >= 4 is 44.7 Å². The molecule has 0 bridgehead atoms. The van der Waals surface area contributed by atoms with Gasteiger partial charge in [-0.15, -0.1) is 0 Å². The van der Waals surface area contributed by atoms with Crippen molar-refractivity contribution in [2.75, 3.05) is 24.6 Å². The summed E-state index contributed by atoms with van der Waals surface area (Å²) in [7, 11) is 0. The Morgan fingerprint density at radius 3 is 2.88 bits per heavy atom. The van der Waals surface area contributed by atoms with Crippen LogP contribution in [0.5, 0.6) is 0 Å². The Bertz CT molecular complexity index is 525. The van der Waals surface area contributed by atoms with E-state index in [4.69, 9.17) is 4.42 Å². The van der Waals surface area contributed by atoms with Crippen LogP contribution in [0.15, 0.2) is 21.2 Å². The number of carbonyl (C=O) groups is 1. The van der Waals surface area contributed by atoms with Crippen molar-refractivity contribution in [1.82, 2.24) is 9.88 Å². The predicted molar refractivity (Wildman–Crippen MR) is 71.5 cm³/mol. The molecule has 0 aliphatic carbocycles. The molecule has 1 aliphatic rings. The molecule has 2 aromatic heterocycles. The first-order valence-electron chi connectivity index (χ1n) is 5.39. The number of carbonyl (C=O) groups excluding carboxylic acids is 1. The number of fused-ring (bicyclic) bond motifs is 1. The van der Waals surface area contributed by atoms with Crippen molar-refractivity contribution < 1.29 is 9.21 Å². The number of aromatic amines is 1. The first-order valence-corrected chi connectivity index (χ1v) is 7.34. The minimum atomic E-state index is 0.0628. The minimum absolute atomic E-state index is 0.0628. The highest BCUT2D eigenvalue weighted by atomic mass is 79.9. The van der Waals surface area contributed by atoms with E-state index in [2.05, 4.69) is 20.9 Å². The largest absolute Gasteiger partial charge is 0.448 e. The molecule has 6 heteroatoms. The fourth-order valence-electron chi connectivity index (χ4n) is 1.94. The first kappa shape index (κ1) is 11.2. The summed E-state index contributed by atoms with van der Waals surface area (Å²) in [5.74, 6) is 2.11. The minimum Gasteiger partial charge on any atom is -0.448 e. The van der Waals surface area contributed by atoms with Gasteiger partial charge in [-0.05, 0) is 15.9 Å². The Labute approximate surface area is 111 Å². The highest BCUT2D eigenvalue weighted by Crippen LogP contribution is 2.24. The molecule has 0 atom stereocenters. The monoisotopic (exact) mass is 314 g/mol. The second-order valence-corrected chi connectivity index (χ2v) is 5.92.